The number of hydrogen-bond donors (Lipinski definition) is 2. The maximum Gasteiger partial charge on any atom is 0.260 e. The summed E-state index contributed by atoms with van der Waals surface area (Å²) in [6, 6.07) is 11.7. The molecular weight excluding hydrogens is 413 g/mol. The molecule has 2 N–H and O–H groups in total. The third-order valence-electron chi connectivity index (χ3n) is 4.66. The summed E-state index contributed by atoms with van der Waals surface area (Å²) < 4.78 is 40.8. The molecule has 0 aliphatic carbocycles. The molecule has 29 heavy (non-hydrogen) atoms. The Kier molecular flexibility index (Phi) is 6.94. The van der Waals surface area contributed by atoms with Crippen LogP contribution in [0.25, 0.3) is 0 Å². The second-order valence-electron chi connectivity index (χ2n) is 6.73. The Labute approximate surface area is 175 Å². The molecular formula is C20H22FN3O3S2. The monoisotopic (exact) mass is 435 g/mol. The summed E-state index contributed by atoms with van der Waals surface area (Å²) >= 11 is 5.09. The van der Waals surface area contributed by atoms with Crippen molar-refractivity contribution in [3.63, 3.8) is 0 Å². The van der Waals surface area contributed by atoms with Crippen LogP contribution in [0.5, 0.6) is 0 Å². The molecule has 1 aliphatic heterocycles. The zero-order valence-electron chi connectivity index (χ0n) is 15.7. The van der Waals surface area contributed by atoms with Gasteiger partial charge in [0.25, 0.3) is 5.91 Å². The molecule has 0 unspecified atom stereocenters. The van der Waals surface area contributed by atoms with E-state index in [1.54, 1.807) is 18.2 Å². The van der Waals surface area contributed by atoms with E-state index in [4.69, 9.17) is 12.2 Å². The largest absolute Gasteiger partial charge is 0.332 e. The van der Waals surface area contributed by atoms with Crippen molar-refractivity contribution in [3.05, 3.63) is 59.9 Å². The predicted molar refractivity (Wildman–Crippen MR) is 114 cm³/mol. The number of sulfonamides is 1. The van der Waals surface area contributed by atoms with E-state index in [1.807, 2.05) is 0 Å². The van der Waals surface area contributed by atoms with Crippen molar-refractivity contribution in [1.82, 2.24) is 9.62 Å². The predicted octanol–water partition coefficient (Wildman–Crippen LogP) is 3.52. The molecule has 3 rings (SSSR count). The number of hydrogen-bond acceptors (Lipinski definition) is 4. The minimum atomic E-state index is -3.53. The first-order chi connectivity index (χ1) is 13.9. The number of nitrogens with one attached hydrogen (secondary N) is 2. The van der Waals surface area contributed by atoms with E-state index in [-0.39, 0.29) is 15.6 Å². The van der Waals surface area contributed by atoms with Crippen LogP contribution in [0, 0.1) is 5.82 Å². The van der Waals surface area contributed by atoms with Crippen LogP contribution in [0.15, 0.2) is 53.4 Å². The van der Waals surface area contributed by atoms with E-state index in [0.29, 0.717) is 18.8 Å². The quantitative estimate of drug-likeness (QED) is 0.719. The second kappa shape index (κ2) is 9.43. The van der Waals surface area contributed by atoms with Gasteiger partial charge in [0.05, 0.1) is 10.5 Å². The highest BCUT2D eigenvalue weighted by molar-refractivity contribution is 7.89. The van der Waals surface area contributed by atoms with Gasteiger partial charge in [-0.05, 0) is 61.5 Å². The molecule has 0 radical (unpaired) electrons. The van der Waals surface area contributed by atoms with Crippen molar-refractivity contribution in [2.75, 3.05) is 18.4 Å². The summed E-state index contributed by atoms with van der Waals surface area (Å²) in [5.41, 5.74) is 0.397. The molecule has 1 heterocycles. The average molecular weight is 436 g/mol. The van der Waals surface area contributed by atoms with Crippen LogP contribution in [0.1, 0.15) is 36.0 Å². The Hall–Kier alpha value is -2.36. The maximum absolute atomic E-state index is 13.7. The lowest BCUT2D eigenvalue weighted by Crippen LogP contribution is -2.34. The number of rotatable bonds is 4. The molecule has 0 bridgehead atoms. The number of amides is 1. The first-order valence-electron chi connectivity index (χ1n) is 9.35. The number of anilines is 1. The van der Waals surface area contributed by atoms with Crippen LogP contribution in [-0.2, 0) is 10.0 Å². The van der Waals surface area contributed by atoms with Gasteiger partial charge in [0.1, 0.15) is 5.82 Å². The lowest BCUT2D eigenvalue weighted by Gasteiger charge is -2.20. The van der Waals surface area contributed by atoms with Crippen LogP contribution < -0.4 is 10.6 Å². The van der Waals surface area contributed by atoms with Crippen LogP contribution in [0.2, 0.25) is 0 Å². The van der Waals surface area contributed by atoms with E-state index in [1.165, 1.54) is 34.6 Å². The summed E-state index contributed by atoms with van der Waals surface area (Å²) in [5, 5.41) is 5.19. The van der Waals surface area contributed by atoms with Crippen molar-refractivity contribution < 1.29 is 17.6 Å². The fourth-order valence-corrected chi connectivity index (χ4v) is 4.85. The first kappa shape index (κ1) is 21.4. The summed E-state index contributed by atoms with van der Waals surface area (Å²) in [6.07, 6.45) is 3.83. The van der Waals surface area contributed by atoms with Gasteiger partial charge in [0.2, 0.25) is 10.0 Å². The standard InChI is InChI=1S/C20H22FN3O3S2/c21-18-8-4-3-7-17(18)19(25)23-20(28)22-15-9-11-16(12-10-15)29(26,27)24-13-5-1-2-6-14-24/h3-4,7-12H,1-2,5-6,13-14H2,(H2,22,23,25,28). The van der Waals surface area contributed by atoms with Gasteiger partial charge in [-0.3, -0.25) is 10.1 Å². The summed E-state index contributed by atoms with van der Waals surface area (Å²) in [4.78, 5) is 12.3. The SMILES string of the molecule is O=C(NC(=S)Nc1ccc(S(=O)(=O)N2CCCCCC2)cc1)c1ccccc1F. The summed E-state index contributed by atoms with van der Waals surface area (Å²) in [7, 11) is -3.53. The number of halogens is 1. The second-order valence-corrected chi connectivity index (χ2v) is 9.08. The average Bonchev–Trinajstić information content (AvgIpc) is 2.98. The Balaban J connectivity index is 1.63. The highest BCUT2D eigenvalue weighted by Crippen LogP contribution is 2.21. The third-order valence-corrected chi connectivity index (χ3v) is 6.78. The summed E-state index contributed by atoms with van der Waals surface area (Å²) in [5.74, 6) is -1.31. The Morgan fingerprint density at radius 3 is 2.21 bits per heavy atom. The lowest BCUT2D eigenvalue weighted by molar-refractivity contribution is 0.0974. The van der Waals surface area contributed by atoms with Gasteiger partial charge < -0.3 is 5.32 Å². The topological polar surface area (TPSA) is 78.5 Å². The van der Waals surface area contributed by atoms with E-state index < -0.39 is 21.7 Å². The fourth-order valence-electron chi connectivity index (χ4n) is 3.12. The van der Waals surface area contributed by atoms with Gasteiger partial charge in [-0.2, -0.15) is 4.31 Å². The van der Waals surface area contributed by atoms with Crippen LogP contribution in [-0.4, -0.2) is 36.8 Å². The number of carbonyl (C=O) groups excluding carboxylic acids is 1. The molecule has 1 fully saturated rings. The van der Waals surface area contributed by atoms with Crippen molar-refractivity contribution in [1.29, 1.82) is 0 Å². The van der Waals surface area contributed by atoms with Gasteiger partial charge in [-0.1, -0.05) is 25.0 Å². The molecule has 0 aromatic heterocycles. The van der Waals surface area contributed by atoms with Crippen molar-refractivity contribution in [2.24, 2.45) is 0 Å². The lowest BCUT2D eigenvalue weighted by atomic mass is 10.2. The zero-order valence-corrected chi connectivity index (χ0v) is 17.4. The first-order valence-corrected chi connectivity index (χ1v) is 11.2. The van der Waals surface area contributed by atoms with E-state index in [2.05, 4.69) is 10.6 Å². The highest BCUT2D eigenvalue weighted by atomic mass is 32.2. The normalized spacial score (nSPS) is 15.3. The van der Waals surface area contributed by atoms with Gasteiger partial charge in [0, 0.05) is 18.8 Å². The van der Waals surface area contributed by atoms with Gasteiger partial charge in [-0.25, -0.2) is 12.8 Å². The number of carbonyl (C=O) groups is 1. The molecule has 2 aromatic rings. The van der Waals surface area contributed by atoms with Crippen molar-refractivity contribution >= 4 is 38.9 Å². The third kappa shape index (κ3) is 5.37. The van der Waals surface area contributed by atoms with E-state index in [0.717, 1.165) is 25.7 Å². The molecule has 2 aromatic carbocycles. The van der Waals surface area contributed by atoms with Crippen molar-refractivity contribution in [3.8, 4) is 0 Å². The number of thiocarbonyl (C=S) groups is 1. The molecule has 154 valence electrons. The van der Waals surface area contributed by atoms with Crippen LogP contribution >= 0.6 is 12.2 Å². The molecule has 6 nitrogen and oxygen atoms in total. The zero-order chi connectivity index (χ0) is 20.9. The molecule has 1 saturated heterocycles. The van der Waals surface area contributed by atoms with Gasteiger partial charge >= 0.3 is 0 Å². The highest BCUT2D eigenvalue weighted by Gasteiger charge is 2.25. The Morgan fingerprint density at radius 2 is 1.59 bits per heavy atom. The van der Waals surface area contributed by atoms with Gasteiger partial charge in [0.15, 0.2) is 5.11 Å². The minimum absolute atomic E-state index is 0.0126. The maximum atomic E-state index is 13.7. The molecule has 0 spiro atoms. The molecule has 1 aliphatic rings. The van der Waals surface area contributed by atoms with Crippen LogP contribution in [0.4, 0.5) is 10.1 Å². The Bertz CT molecular complexity index is 986. The van der Waals surface area contributed by atoms with Crippen molar-refractivity contribution in [2.45, 2.75) is 30.6 Å². The molecule has 1 amide bonds. The smallest absolute Gasteiger partial charge is 0.260 e. The molecule has 9 heteroatoms. The van der Waals surface area contributed by atoms with E-state index in [9.17, 15) is 17.6 Å². The summed E-state index contributed by atoms with van der Waals surface area (Å²) in [6.45, 7) is 1.07. The Morgan fingerprint density at radius 1 is 0.966 bits per heavy atom. The fraction of sp³-hybridized carbons (Fsp3) is 0.300. The van der Waals surface area contributed by atoms with E-state index >= 15 is 0 Å². The van der Waals surface area contributed by atoms with Crippen LogP contribution in [0.3, 0.4) is 0 Å². The van der Waals surface area contributed by atoms with Gasteiger partial charge in [-0.15, -0.1) is 0 Å². The molecule has 0 saturated carbocycles. The number of benzene rings is 2. The minimum Gasteiger partial charge on any atom is -0.332 e. The number of nitrogens with zero attached hydrogens (tertiary/aromatic N) is 1. The molecule has 0 atom stereocenters.